The molecule has 2 nitrogen and oxygen atoms in total. The summed E-state index contributed by atoms with van der Waals surface area (Å²) in [5.41, 5.74) is 1.47. The van der Waals surface area contributed by atoms with Crippen molar-refractivity contribution in [1.29, 1.82) is 0 Å². The van der Waals surface area contributed by atoms with Gasteiger partial charge < -0.3 is 0 Å². The molecule has 1 rings (SSSR count). The topological polar surface area (TPSA) is 24.7 Å². The van der Waals surface area contributed by atoms with Crippen molar-refractivity contribution < 1.29 is 0 Å². The molecule has 1 heterocycles. The molecule has 11 heavy (non-hydrogen) atoms. The zero-order chi connectivity index (χ0) is 8.48. The van der Waals surface area contributed by atoms with Gasteiger partial charge in [0.1, 0.15) is 0 Å². The van der Waals surface area contributed by atoms with Crippen LogP contribution in [0.15, 0.2) is 10.2 Å². The molecule has 0 aromatic rings. The Hall–Kier alpha value is -0.660. The van der Waals surface area contributed by atoms with E-state index in [0.717, 1.165) is 12.1 Å². The van der Waals surface area contributed by atoms with Gasteiger partial charge in [-0.3, -0.25) is 0 Å². The van der Waals surface area contributed by atoms with Gasteiger partial charge in [0.15, 0.2) is 0 Å². The fourth-order valence-corrected chi connectivity index (χ4v) is 1.15. The van der Waals surface area contributed by atoms with Crippen molar-refractivity contribution in [3.8, 4) is 0 Å². The molecule has 0 spiro atoms. The summed E-state index contributed by atoms with van der Waals surface area (Å²) in [6.45, 7) is 8.75. The second-order valence-electron chi connectivity index (χ2n) is 4.28. The van der Waals surface area contributed by atoms with Gasteiger partial charge in [0.2, 0.25) is 0 Å². The van der Waals surface area contributed by atoms with Crippen LogP contribution in [0.25, 0.3) is 0 Å². The summed E-state index contributed by atoms with van der Waals surface area (Å²) in [5, 5.41) is 7.95. The highest BCUT2D eigenvalue weighted by molar-refractivity contribution is 5.87. The summed E-state index contributed by atoms with van der Waals surface area (Å²) in [6, 6.07) is 0. The maximum atomic E-state index is 3.98. The molecule has 0 saturated carbocycles. The highest BCUT2D eigenvalue weighted by atomic mass is 15.2. The van der Waals surface area contributed by atoms with Crippen molar-refractivity contribution in [2.45, 2.75) is 34.1 Å². The molecule has 0 fully saturated rings. The van der Waals surface area contributed by atoms with E-state index in [1.54, 1.807) is 0 Å². The van der Waals surface area contributed by atoms with Crippen LogP contribution in [0.2, 0.25) is 0 Å². The van der Waals surface area contributed by atoms with Gasteiger partial charge in [-0.1, -0.05) is 20.8 Å². The van der Waals surface area contributed by atoms with Gasteiger partial charge in [-0.25, -0.2) is 0 Å². The van der Waals surface area contributed by atoms with Crippen LogP contribution in [-0.2, 0) is 0 Å². The van der Waals surface area contributed by atoms with Gasteiger partial charge in [0.25, 0.3) is 0 Å². The van der Waals surface area contributed by atoms with E-state index in [1.165, 1.54) is 0 Å². The van der Waals surface area contributed by atoms with Crippen molar-refractivity contribution in [2.24, 2.45) is 21.5 Å². The zero-order valence-corrected chi connectivity index (χ0v) is 7.76. The highest BCUT2D eigenvalue weighted by Crippen LogP contribution is 2.28. The fraction of sp³-hybridized carbons (Fsp3) is 0.778. The van der Waals surface area contributed by atoms with E-state index in [1.807, 2.05) is 13.1 Å². The lowest BCUT2D eigenvalue weighted by Crippen LogP contribution is -2.25. The minimum atomic E-state index is 0.320. The first kappa shape index (κ1) is 8.44. The monoisotopic (exact) mass is 152 g/mol. The molecule has 1 aliphatic heterocycles. The average Bonchev–Trinajstić information content (AvgIpc) is 1.86. The Kier molecular flexibility index (Phi) is 2.12. The van der Waals surface area contributed by atoms with Crippen LogP contribution in [0, 0.1) is 11.3 Å². The second-order valence-corrected chi connectivity index (χ2v) is 4.28. The van der Waals surface area contributed by atoms with Gasteiger partial charge in [0, 0.05) is 17.8 Å². The first-order valence-electron chi connectivity index (χ1n) is 4.07. The van der Waals surface area contributed by atoms with Crippen LogP contribution in [0.5, 0.6) is 0 Å². The molecule has 2 heteroatoms. The molecular weight excluding hydrogens is 136 g/mol. The minimum absolute atomic E-state index is 0.320. The average molecular weight is 152 g/mol. The van der Waals surface area contributed by atoms with Crippen molar-refractivity contribution in [3.05, 3.63) is 0 Å². The van der Waals surface area contributed by atoms with Crippen LogP contribution < -0.4 is 0 Å². The summed E-state index contributed by atoms with van der Waals surface area (Å²) in [6.07, 6.45) is 3.03. The van der Waals surface area contributed by atoms with Crippen LogP contribution in [0.4, 0.5) is 0 Å². The van der Waals surface area contributed by atoms with Crippen LogP contribution in [0.1, 0.15) is 34.1 Å². The molecule has 0 radical (unpaired) electrons. The Morgan fingerprint density at radius 3 is 2.45 bits per heavy atom. The molecule has 0 aromatic carbocycles. The molecule has 0 amide bonds. The Morgan fingerprint density at radius 1 is 1.45 bits per heavy atom. The summed E-state index contributed by atoms with van der Waals surface area (Å²) in [4.78, 5) is 0. The fourth-order valence-electron chi connectivity index (χ4n) is 1.15. The molecule has 0 saturated heterocycles. The van der Waals surface area contributed by atoms with Crippen molar-refractivity contribution in [1.82, 2.24) is 0 Å². The SMILES string of the molecule is CC1=NN=CC(C(C)(C)C)C1. The Labute approximate surface area is 68.4 Å². The van der Waals surface area contributed by atoms with Crippen LogP contribution >= 0.6 is 0 Å². The van der Waals surface area contributed by atoms with E-state index in [4.69, 9.17) is 0 Å². The first-order chi connectivity index (χ1) is 5.00. The maximum absolute atomic E-state index is 3.98. The largest absolute Gasteiger partial charge is 0.163 e. The second kappa shape index (κ2) is 2.76. The molecule has 0 N–H and O–H groups in total. The van der Waals surface area contributed by atoms with Crippen molar-refractivity contribution in [3.63, 3.8) is 0 Å². The third-order valence-electron chi connectivity index (χ3n) is 2.10. The van der Waals surface area contributed by atoms with E-state index in [2.05, 4.69) is 31.0 Å². The molecule has 62 valence electrons. The van der Waals surface area contributed by atoms with Crippen molar-refractivity contribution in [2.75, 3.05) is 0 Å². The van der Waals surface area contributed by atoms with Crippen LogP contribution in [0.3, 0.4) is 0 Å². The lowest BCUT2D eigenvalue weighted by molar-refractivity contribution is 0.322. The zero-order valence-electron chi connectivity index (χ0n) is 7.76. The van der Waals surface area contributed by atoms with Gasteiger partial charge in [-0.05, 0) is 18.8 Å². The van der Waals surface area contributed by atoms with E-state index in [9.17, 15) is 0 Å². The normalized spacial score (nSPS) is 25.1. The minimum Gasteiger partial charge on any atom is -0.163 e. The number of rotatable bonds is 0. The van der Waals surface area contributed by atoms with E-state index in [0.29, 0.717) is 11.3 Å². The van der Waals surface area contributed by atoms with Gasteiger partial charge >= 0.3 is 0 Å². The van der Waals surface area contributed by atoms with E-state index >= 15 is 0 Å². The molecule has 1 atom stereocenters. The molecular formula is C9H16N2. The molecule has 1 unspecified atom stereocenters. The quantitative estimate of drug-likeness (QED) is 0.509. The number of hydrogen-bond acceptors (Lipinski definition) is 2. The summed E-state index contributed by atoms with van der Waals surface area (Å²) >= 11 is 0. The molecule has 0 bridgehead atoms. The smallest absolute Gasteiger partial charge is 0.0381 e. The third-order valence-corrected chi connectivity index (χ3v) is 2.10. The highest BCUT2D eigenvalue weighted by Gasteiger charge is 2.24. The van der Waals surface area contributed by atoms with E-state index < -0.39 is 0 Å². The first-order valence-corrected chi connectivity index (χ1v) is 4.07. The number of nitrogens with zero attached hydrogens (tertiary/aromatic N) is 2. The van der Waals surface area contributed by atoms with Gasteiger partial charge in [-0.15, -0.1) is 0 Å². The summed E-state index contributed by atoms with van der Waals surface area (Å²) < 4.78 is 0. The molecule has 0 aromatic heterocycles. The molecule has 1 aliphatic rings. The lowest BCUT2D eigenvalue weighted by Gasteiger charge is -2.28. The van der Waals surface area contributed by atoms with Crippen molar-refractivity contribution >= 4 is 11.9 Å². The number of hydrogen-bond donors (Lipinski definition) is 0. The van der Waals surface area contributed by atoms with Gasteiger partial charge in [-0.2, -0.15) is 10.2 Å². The molecule has 0 aliphatic carbocycles. The lowest BCUT2D eigenvalue weighted by atomic mass is 9.78. The Balaban J connectivity index is 2.67. The standard InChI is InChI=1S/C9H16N2/c1-7-5-8(6-10-11-7)9(2,3)4/h6,8H,5H2,1-4H3. The van der Waals surface area contributed by atoms with Crippen LogP contribution in [-0.4, -0.2) is 11.9 Å². The third kappa shape index (κ3) is 2.14. The summed E-state index contributed by atoms with van der Waals surface area (Å²) in [5.74, 6) is 0.556. The predicted octanol–water partition coefficient (Wildman–Crippen LogP) is 2.50. The Bertz CT molecular complexity index is 196. The summed E-state index contributed by atoms with van der Waals surface area (Å²) in [7, 11) is 0. The van der Waals surface area contributed by atoms with E-state index in [-0.39, 0.29) is 0 Å². The maximum Gasteiger partial charge on any atom is 0.0381 e. The van der Waals surface area contributed by atoms with Gasteiger partial charge in [0.05, 0.1) is 0 Å². The Morgan fingerprint density at radius 2 is 2.09 bits per heavy atom. The predicted molar refractivity (Wildman–Crippen MR) is 49.2 cm³/mol.